The van der Waals surface area contributed by atoms with Crippen LogP contribution >= 0.6 is 0 Å². The van der Waals surface area contributed by atoms with E-state index in [1.54, 1.807) is 4.90 Å². The summed E-state index contributed by atoms with van der Waals surface area (Å²) in [5.74, 6) is -1.49. The molecule has 0 amide bonds. The maximum atomic E-state index is 13.2. The van der Waals surface area contributed by atoms with Gasteiger partial charge in [-0.25, -0.2) is 9.59 Å². The molecule has 0 saturated carbocycles. The van der Waals surface area contributed by atoms with Crippen molar-refractivity contribution in [3.05, 3.63) is 96.6 Å². The highest BCUT2D eigenvalue weighted by Crippen LogP contribution is 2.49. The zero-order valence-electron chi connectivity index (χ0n) is 17.3. The van der Waals surface area contributed by atoms with Gasteiger partial charge in [-0.05, 0) is 29.8 Å². The molecule has 1 heterocycles. The third kappa shape index (κ3) is 3.26. The molecule has 3 aromatic rings. The van der Waals surface area contributed by atoms with Crippen LogP contribution < -0.4 is 4.90 Å². The van der Waals surface area contributed by atoms with Gasteiger partial charge >= 0.3 is 11.9 Å². The monoisotopic (exact) mass is 414 g/mol. The van der Waals surface area contributed by atoms with Crippen molar-refractivity contribution in [2.45, 2.75) is 11.6 Å². The molecule has 1 atom stereocenters. The molecule has 156 valence electrons. The Kier molecular flexibility index (Phi) is 5.54. The molecule has 0 N–H and O–H groups in total. The van der Waals surface area contributed by atoms with Gasteiger partial charge in [0.25, 0.3) is 5.54 Å². The van der Waals surface area contributed by atoms with Crippen LogP contribution in [0.25, 0.3) is 0 Å². The van der Waals surface area contributed by atoms with Crippen LogP contribution in [0, 0.1) is 0 Å². The lowest BCUT2D eigenvalue weighted by Gasteiger charge is -2.56. The van der Waals surface area contributed by atoms with Crippen LogP contribution in [0.15, 0.2) is 96.0 Å². The van der Waals surface area contributed by atoms with Gasteiger partial charge in [-0.1, -0.05) is 66.7 Å². The Morgan fingerprint density at radius 2 is 1.26 bits per heavy atom. The number of ether oxygens (including phenoxy) is 2. The lowest BCUT2D eigenvalue weighted by molar-refractivity contribution is -0.159. The summed E-state index contributed by atoms with van der Waals surface area (Å²) in [6, 6.07) is 27.6. The van der Waals surface area contributed by atoms with Gasteiger partial charge in [0, 0.05) is 5.69 Å². The van der Waals surface area contributed by atoms with E-state index in [1.165, 1.54) is 14.2 Å². The molecule has 6 heteroatoms. The normalized spacial score (nSPS) is 18.2. The summed E-state index contributed by atoms with van der Waals surface area (Å²) >= 11 is 0. The standard InChI is InChI=1S/C25H22N2O4/c1-30-23(28)25(24(29)31-2)22(26-19-14-8-4-9-15-19)21(18-12-6-3-7-13-18)27(25)20-16-10-5-11-17-20/h3-17,21H,1-2H3. The molecule has 1 aliphatic rings. The van der Waals surface area contributed by atoms with E-state index < -0.39 is 23.5 Å². The molecule has 1 saturated heterocycles. The van der Waals surface area contributed by atoms with E-state index in [0.29, 0.717) is 17.1 Å². The van der Waals surface area contributed by atoms with E-state index in [0.717, 1.165) is 5.56 Å². The maximum Gasteiger partial charge on any atom is 0.349 e. The molecule has 0 radical (unpaired) electrons. The number of nitrogens with zero attached hydrogens (tertiary/aromatic N) is 2. The quantitative estimate of drug-likeness (QED) is 0.464. The molecule has 31 heavy (non-hydrogen) atoms. The molecule has 3 aromatic carbocycles. The van der Waals surface area contributed by atoms with Crippen LogP contribution in [0.3, 0.4) is 0 Å². The zero-order valence-corrected chi connectivity index (χ0v) is 17.3. The zero-order chi connectivity index (χ0) is 21.8. The fourth-order valence-electron chi connectivity index (χ4n) is 4.01. The Labute approximate surface area is 180 Å². The number of benzene rings is 3. The Bertz CT molecular complexity index is 1080. The summed E-state index contributed by atoms with van der Waals surface area (Å²) < 4.78 is 10.2. The van der Waals surface area contributed by atoms with Gasteiger partial charge in [-0.3, -0.25) is 4.99 Å². The van der Waals surface area contributed by atoms with Crippen LogP contribution in [0.1, 0.15) is 11.6 Å². The van der Waals surface area contributed by atoms with Crippen LogP contribution in [-0.4, -0.2) is 37.4 Å². The topological polar surface area (TPSA) is 68.2 Å². The van der Waals surface area contributed by atoms with Gasteiger partial charge in [0.2, 0.25) is 0 Å². The second-order valence-corrected chi connectivity index (χ2v) is 7.04. The highest BCUT2D eigenvalue weighted by molar-refractivity contribution is 6.37. The van der Waals surface area contributed by atoms with E-state index in [1.807, 2.05) is 91.0 Å². The van der Waals surface area contributed by atoms with Gasteiger partial charge < -0.3 is 14.4 Å². The average molecular weight is 414 g/mol. The number of methoxy groups -OCH3 is 2. The summed E-state index contributed by atoms with van der Waals surface area (Å²) in [6.07, 6.45) is 0. The van der Waals surface area contributed by atoms with Crippen molar-refractivity contribution in [1.82, 2.24) is 0 Å². The number of hydrogen-bond donors (Lipinski definition) is 0. The summed E-state index contributed by atoms with van der Waals surface area (Å²) in [4.78, 5) is 33.0. The number of aliphatic imine (C=N–C) groups is 1. The molecule has 1 fully saturated rings. The number of rotatable bonds is 5. The molecule has 6 nitrogen and oxygen atoms in total. The van der Waals surface area contributed by atoms with Crippen molar-refractivity contribution in [2.75, 3.05) is 19.1 Å². The number of hydrogen-bond acceptors (Lipinski definition) is 6. The largest absolute Gasteiger partial charge is 0.467 e. The number of anilines is 1. The molecule has 1 unspecified atom stereocenters. The fourth-order valence-corrected chi connectivity index (χ4v) is 4.01. The Morgan fingerprint density at radius 1 is 0.774 bits per heavy atom. The highest BCUT2D eigenvalue weighted by Gasteiger charge is 2.70. The summed E-state index contributed by atoms with van der Waals surface area (Å²) in [7, 11) is 2.51. The smallest absolute Gasteiger partial charge is 0.349 e. The third-order valence-electron chi connectivity index (χ3n) is 5.37. The summed E-state index contributed by atoms with van der Waals surface area (Å²) in [6.45, 7) is 0. The number of carbonyl (C=O) groups excluding carboxylic acids is 2. The molecular weight excluding hydrogens is 392 g/mol. The minimum Gasteiger partial charge on any atom is -0.467 e. The highest BCUT2D eigenvalue weighted by atomic mass is 16.5. The van der Waals surface area contributed by atoms with Crippen LogP contribution in [0.4, 0.5) is 11.4 Å². The predicted octanol–water partition coefficient (Wildman–Crippen LogP) is 4.11. The van der Waals surface area contributed by atoms with E-state index >= 15 is 0 Å². The second kappa shape index (κ2) is 8.44. The number of para-hydroxylation sites is 2. The Hall–Kier alpha value is -3.93. The average Bonchev–Trinajstić information content (AvgIpc) is 2.83. The predicted molar refractivity (Wildman–Crippen MR) is 118 cm³/mol. The van der Waals surface area contributed by atoms with Crippen molar-refractivity contribution in [3.63, 3.8) is 0 Å². The molecule has 0 aromatic heterocycles. The minimum absolute atomic E-state index is 0.354. The van der Waals surface area contributed by atoms with Crippen molar-refractivity contribution in [3.8, 4) is 0 Å². The summed E-state index contributed by atoms with van der Waals surface area (Å²) in [5.41, 5.74) is 0.723. The van der Waals surface area contributed by atoms with E-state index in [9.17, 15) is 9.59 Å². The first-order valence-electron chi connectivity index (χ1n) is 9.85. The first kappa shape index (κ1) is 20.3. The van der Waals surface area contributed by atoms with Crippen molar-refractivity contribution in [1.29, 1.82) is 0 Å². The third-order valence-corrected chi connectivity index (χ3v) is 5.37. The molecule has 0 bridgehead atoms. The second-order valence-electron chi connectivity index (χ2n) is 7.04. The maximum absolute atomic E-state index is 13.2. The lowest BCUT2D eigenvalue weighted by atomic mass is 9.72. The Morgan fingerprint density at radius 3 is 1.77 bits per heavy atom. The van der Waals surface area contributed by atoms with Gasteiger partial charge in [0.15, 0.2) is 0 Å². The van der Waals surface area contributed by atoms with Crippen LogP contribution in [-0.2, 0) is 19.1 Å². The van der Waals surface area contributed by atoms with Gasteiger partial charge in [-0.2, -0.15) is 0 Å². The molecule has 0 spiro atoms. The molecular formula is C25H22N2O4. The van der Waals surface area contributed by atoms with E-state index in [4.69, 9.17) is 14.5 Å². The number of esters is 2. The van der Waals surface area contributed by atoms with Gasteiger partial charge in [0.05, 0.1) is 31.7 Å². The summed E-state index contributed by atoms with van der Waals surface area (Å²) in [5, 5.41) is 0. The SMILES string of the molecule is COC(=O)C1(C(=O)OC)C(=Nc2ccccc2)C(c2ccccc2)N1c1ccccc1. The fraction of sp³-hybridized carbons (Fsp3) is 0.160. The molecule has 0 aliphatic carbocycles. The van der Waals surface area contributed by atoms with Gasteiger partial charge in [0.1, 0.15) is 0 Å². The first-order chi connectivity index (χ1) is 15.1. The van der Waals surface area contributed by atoms with E-state index in [-0.39, 0.29) is 0 Å². The molecule has 4 rings (SSSR count). The van der Waals surface area contributed by atoms with Crippen molar-refractivity contribution in [2.24, 2.45) is 4.99 Å². The Balaban J connectivity index is 2.01. The van der Waals surface area contributed by atoms with Crippen molar-refractivity contribution >= 4 is 29.0 Å². The van der Waals surface area contributed by atoms with Gasteiger partial charge in [-0.15, -0.1) is 0 Å². The van der Waals surface area contributed by atoms with E-state index in [2.05, 4.69) is 0 Å². The minimum atomic E-state index is -1.83. The number of carbonyl (C=O) groups is 2. The van der Waals surface area contributed by atoms with Crippen LogP contribution in [0.2, 0.25) is 0 Å². The van der Waals surface area contributed by atoms with Crippen LogP contribution in [0.5, 0.6) is 0 Å². The first-order valence-corrected chi connectivity index (χ1v) is 9.85. The lowest BCUT2D eigenvalue weighted by Crippen LogP contribution is -2.78. The van der Waals surface area contributed by atoms with Crippen molar-refractivity contribution < 1.29 is 19.1 Å². The molecule has 1 aliphatic heterocycles.